The SMILES string of the molecule is COCCOCCCNC(=O)NC(=O)CCCCC(=O)O. The van der Waals surface area contributed by atoms with Gasteiger partial charge in [0.05, 0.1) is 13.2 Å². The fourth-order valence-electron chi connectivity index (χ4n) is 1.42. The average molecular weight is 304 g/mol. The van der Waals surface area contributed by atoms with Crippen LogP contribution in [0.5, 0.6) is 0 Å². The number of unbranched alkanes of at least 4 members (excludes halogenated alkanes) is 1. The Morgan fingerprint density at radius 3 is 2.38 bits per heavy atom. The van der Waals surface area contributed by atoms with Crippen molar-refractivity contribution in [1.82, 2.24) is 10.6 Å². The van der Waals surface area contributed by atoms with E-state index in [0.717, 1.165) is 0 Å². The van der Waals surface area contributed by atoms with Crippen molar-refractivity contribution in [3.8, 4) is 0 Å². The number of methoxy groups -OCH3 is 1. The molecule has 0 atom stereocenters. The van der Waals surface area contributed by atoms with E-state index in [9.17, 15) is 14.4 Å². The molecule has 0 aliphatic carbocycles. The standard InChI is InChI=1S/C13H24N2O6/c1-20-9-10-21-8-4-7-14-13(19)15-11(16)5-2-3-6-12(17)18/h2-10H2,1H3,(H,17,18)(H2,14,15,16,19). The van der Waals surface area contributed by atoms with Gasteiger partial charge in [0.1, 0.15) is 0 Å². The van der Waals surface area contributed by atoms with Crippen LogP contribution in [0.3, 0.4) is 0 Å². The maximum absolute atomic E-state index is 11.3. The smallest absolute Gasteiger partial charge is 0.321 e. The molecule has 0 aromatic heterocycles. The van der Waals surface area contributed by atoms with Crippen LogP contribution in [-0.2, 0) is 19.1 Å². The van der Waals surface area contributed by atoms with E-state index in [1.54, 1.807) is 7.11 Å². The van der Waals surface area contributed by atoms with Gasteiger partial charge in [-0.05, 0) is 19.3 Å². The molecular formula is C13H24N2O6. The van der Waals surface area contributed by atoms with Crippen LogP contribution in [0.25, 0.3) is 0 Å². The molecule has 0 saturated carbocycles. The van der Waals surface area contributed by atoms with Crippen molar-refractivity contribution in [2.24, 2.45) is 0 Å². The topological polar surface area (TPSA) is 114 Å². The maximum atomic E-state index is 11.3. The molecule has 0 heterocycles. The fourth-order valence-corrected chi connectivity index (χ4v) is 1.42. The van der Waals surface area contributed by atoms with Crippen molar-refractivity contribution >= 4 is 17.9 Å². The number of hydrogen-bond acceptors (Lipinski definition) is 5. The number of urea groups is 1. The molecule has 0 aliphatic heterocycles. The Labute approximate surface area is 124 Å². The van der Waals surface area contributed by atoms with Crippen LogP contribution in [-0.4, -0.2) is 56.5 Å². The van der Waals surface area contributed by atoms with E-state index in [1.165, 1.54) is 0 Å². The summed E-state index contributed by atoms with van der Waals surface area (Å²) in [5.74, 6) is -1.30. The molecule has 122 valence electrons. The third-order valence-electron chi connectivity index (χ3n) is 2.48. The van der Waals surface area contributed by atoms with E-state index in [2.05, 4.69) is 10.6 Å². The Bertz CT molecular complexity index is 322. The molecule has 3 N–H and O–H groups in total. The third-order valence-corrected chi connectivity index (χ3v) is 2.48. The quantitative estimate of drug-likeness (QED) is 0.453. The Kier molecular flexibility index (Phi) is 12.3. The van der Waals surface area contributed by atoms with E-state index in [4.69, 9.17) is 14.6 Å². The van der Waals surface area contributed by atoms with E-state index in [0.29, 0.717) is 45.6 Å². The molecule has 21 heavy (non-hydrogen) atoms. The number of aliphatic carboxylic acids is 1. The summed E-state index contributed by atoms with van der Waals surface area (Å²) in [4.78, 5) is 32.9. The van der Waals surface area contributed by atoms with Gasteiger partial charge in [0, 0.05) is 33.1 Å². The number of amides is 3. The fraction of sp³-hybridized carbons (Fsp3) is 0.769. The number of ether oxygens (including phenoxy) is 2. The highest BCUT2D eigenvalue weighted by Gasteiger charge is 2.07. The van der Waals surface area contributed by atoms with Gasteiger partial charge >= 0.3 is 12.0 Å². The summed E-state index contributed by atoms with van der Waals surface area (Å²) < 4.78 is 10.0. The molecular weight excluding hydrogens is 280 g/mol. The largest absolute Gasteiger partial charge is 0.481 e. The predicted octanol–water partition coefficient (Wildman–Crippen LogP) is 0.510. The third kappa shape index (κ3) is 14.5. The zero-order valence-corrected chi connectivity index (χ0v) is 12.4. The molecule has 8 nitrogen and oxygen atoms in total. The second-order valence-corrected chi connectivity index (χ2v) is 4.36. The molecule has 3 amide bonds. The average Bonchev–Trinajstić information content (AvgIpc) is 2.42. The molecule has 0 aromatic rings. The summed E-state index contributed by atoms with van der Waals surface area (Å²) in [6.45, 7) is 1.96. The van der Waals surface area contributed by atoms with Crippen molar-refractivity contribution < 1.29 is 29.0 Å². The molecule has 0 radical (unpaired) electrons. The normalized spacial score (nSPS) is 10.1. The van der Waals surface area contributed by atoms with Gasteiger partial charge in [-0.15, -0.1) is 0 Å². The minimum atomic E-state index is -0.888. The first-order valence-corrected chi connectivity index (χ1v) is 6.92. The summed E-state index contributed by atoms with van der Waals surface area (Å²) in [5, 5.41) is 13.1. The minimum Gasteiger partial charge on any atom is -0.481 e. The number of carbonyl (C=O) groups excluding carboxylic acids is 2. The molecule has 8 heteroatoms. The van der Waals surface area contributed by atoms with Crippen LogP contribution in [0.2, 0.25) is 0 Å². The lowest BCUT2D eigenvalue weighted by molar-refractivity contribution is -0.137. The van der Waals surface area contributed by atoms with E-state index >= 15 is 0 Å². The number of carbonyl (C=O) groups is 3. The van der Waals surface area contributed by atoms with Crippen LogP contribution in [0.1, 0.15) is 32.1 Å². The predicted molar refractivity (Wildman–Crippen MR) is 75.0 cm³/mol. The van der Waals surface area contributed by atoms with Crippen LogP contribution in [0.15, 0.2) is 0 Å². The number of rotatable bonds is 12. The van der Waals surface area contributed by atoms with Gasteiger partial charge in [-0.3, -0.25) is 14.9 Å². The first-order valence-electron chi connectivity index (χ1n) is 6.92. The van der Waals surface area contributed by atoms with E-state index < -0.39 is 17.9 Å². The molecule has 0 spiro atoms. The van der Waals surface area contributed by atoms with Crippen LogP contribution >= 0.6 is 0 Å². The Morgan fingerprint density at radius 2 is 1.71 bits per heavy atom. The molecule has 0 fully saturated rings. The van der Waals surface area contributed by atoms with Crippen molar-refractivity contribution in [3.05, 3.63) is 0 Å². The molecule has 0 aromatic carbocycles. The van der Waals surface area contributed by atoms with Crippen molar-refractivity contribution in [2.45, 2.75) is 32.1 Å². The Hall–Kier alpha value is -1.67. The van der Waals surface area contributed by atoms with Gasteiger partial charge in [0.2, 0.25) is 5.91 Å². The van der Waals surface area contributed by atoms with Gasteiger partial charge in [-0.25, -0.2) is 4.79 Å². The van der Waals surface area contributed by atoms with Gasteiger partial charge in [0.15, 0.2) is 0 Å². The van der Waals surface area contributed by atoms with E-state index in [-0.39, 0.29) is 12.8 Å². The summed E-state index contributed by atoms with van der Waals surface area (Å²) in [5.41, 5.74) is 0. The number of hydrogen-bond donors (Lipinski definition) is 3. The summed E-state index contributed by atoms with van der Waals surface area (Å²) >= 11 is 0. The zero-order chi connectivity index (χ0) is 15.9. The first-order chi connectivity index (χ1) is 10.1. The van der Waals surface area contributed by atoms with Gasteiger partial charge in [0.25, 0.3) is 0 Å². The second kappa shape index (κ2) is 13.3. The van der Waals surface area contributed by atoms with E-state index in [1.807, 2.05) is 0 Å². The number of carboxylic acid groups (broad SMARTS) is 1. The number of carboxylic acids is 1. The highest BCUT2D eigenvalue weighted by Crippen LogP contribution is 1.99. The second-order valence-electron chi connectivity index (χ2n) is 4.36. The monoisotopic (exact) mass is 304 g/mol. The summed E-state index contributed by atoms with van der Waals surface area (Å²) in [6, 6.07) is -0.546. The number of nitrogens with one attached hydrogen (secondary N) is 2. The summed E-state index contributed by atoms with van der Waals surface area (Å²) in [6.07, 6.45) is 1.68. The van der Waals surface area contributed by atoms with Crippen molar-refractivity contribution in [1.29, 1.82) is 0 Å². The van der Waals surface area contributed by atoms with Crippen molar-refractivity contribution in [2.75, 3.05) is 33.5 Å². The number of imide groups is 1. The van der Waals surface area contributed by atoms with Crippen molar-refractivity contribution in [3.63, 3.8) is 0 Å². The van der Waals surface area contributed by atoms with Crippen LogP contribution < -0.4 is 10.6 Å². The van der Waals surface area contributed by atoms with Gasteiger partial charge in [-0.1, -0.05) is 0 Å². The zero-order valence-electron chi connectivity index (χ0n) is 12.4. The molecule has 0 aliphatic rings. The highest BCUT2D eigenvalue weighted by molar-refractivity contribution is 5.94. The molecule has 0 saturated heterocycles. The lowest BCUT2D eigenvalue weighted by atomic mass is 10.2. The molecule has 0 rings (SSSR count). The maximum Gasteiger partial charge on any atom is 0.321 e. The minimum absolute atomic E-state index is 0.0303. The first kappa shape index (κ1) is 19.3. The van der Waals surface area contributed by atoms with Crippen LogP contribution in [0, 0.1) is 0 Å². The Morgan fingerprint density at radius 1 is 1.00 bits per heavy atom. The lowest BCUT2D eigenvalue weighted by Gasteiger charge is -2.07. The lowest BCUT2D eigenvalue weighted by Crippen LogP contribution is -2.39. The highest BCUT2D eigenvalue weighted by atomic mass is 16.5. The van der Waals surface area contributed by atoms with Crippen LogP contribution in [0.4, 0.5) is 4.79 Å². The molecule has 0 bridgehead atoms. The van der Waals surface area contributed by atoms with Gasteiger partial charge in [-0.2, -0.15) is 0 Å². The van der Waals surface area contributed by atoms with Gasteiger partial charge < -0.3 is 19.9 Å². The summed E-state index contributed by atoms with van der Waals surface area (Å²) in [7, 11) is 1.59. The Balaban J connectivity index is 3.43. The molecule has 0 unspecified atom stereocenters.